The number of carbonyl (C=O) groups excluding carboxylic acids is 1. The highest BCUT2D eigenvalue weighted by Crippen LogP contribution is 2.63. The minimum Gasteiger partial charge on any atom is -0.362 e. The third-order valence-corrected chi connectivity index (χ3v) is 9.55. The molecule has 0 heterocycles. The maximum Gasteiger partial charge on any atom is 0.350 e. The summed E-state index contributed by atoms with van der Waals surface area (Å²) in [5.41, 5.74) is 6.47. The van der Waals surface area contributed by atoms with Gasteiger partial charge in [-0.3, -0.25) is 4.42 Å². The lowest BCUT2D eigenvalue weighted by Crippen LogP contribution is -2.31. The van der Waals surface area contributed by atoms with Crippen LogP contribution < -0.4 is 0 Å². The average molecular weight is 467 g/mol. The molecule has 2 heteroatoms. The fourth-order valence-electron chi connectivity index (χ4n) is 7.84. The van der Waals surface area contributed by atoms with Gasteiger partial charge in [-0.2, -0.15) is 0 Å². The van der Waals surface area contributed by atoms with Crippen LogP contribution in [-0.2, 0) is 9.16 Å². The van der Waals surface area contributed by atoms with Gasteiger partial charge in [0.15, 0.2) is 0 Å². The molecule has 0 aromatic heterocycles. The van der Waals surface area contributed by atoms with Crippen molar-refractivity contribution in [1.29, 1.82) is 0 Å². The number of unbranched alkanes of at least 4 members (excludes halogenated alkanes) is 10. The summed E-state index contributed by atoms with van der Waals surface area (Å²) in [5, 5.41) is 0. The van der Waals surface area contributed by atoms with E-state index in [-0.39, 0.29) is 0 Å². The zero-order valence-electron chi connectivity index (χ0n) is 22.3. The van der Waals surface area contributed by atoms with Gasteiger partial charge in [-0.15, -0.1) is 0 Å². The van der Waals surface area contributed by atoms with Crippen LogP contribution in [0.4, 0.5) is 0 Å². The minimum atomic E-state index is 0.736. The maximum absolute atomic E-state index is 6.78. The van der Waals surface area contributed by atoms with E-state index in [1.807, 2.05) is 0 Å². The van der Waals surface area contributed by atoms with Gasteiger partial charge in [0.25, 0.3) is 6.61 Å². The van der Waals surface area contributed by atoms with Crippen molar-refractivity contribution in [1.82, 2.24) is 0 Å². The van der Waals surface area contributed by atoms with Gasteiger partial charge in [0.1, 0.15) is 6.10 Å². The zero-order chi connectivity index (χ0) is 23.3. The smallest absolute Gasteiger partial charge is 0.350 e. The van der Waals surface area contributed by atoms with Gasteiger partial charge in [-0.25, -0.2) is 0 Å². The molecule has 2 fully saturated rings. The number of fused-ring (bicyclic) bond motifs is 8. The Balaban J connectivity index is 1.29. The topological polar surface area (TPSA) is 20.5 Å². The summed E-state index contributed by atoms with van der Waals surface area (Å²) in [6.45, 7) is 6.43. The van der Waals surface area contributed by atoms with Crippen LogP contribution in [0.1, 0.15) is 129 Å². The molecular formula is C32H50O2+. The van der Waals surface area contributed by atoms with E-state index in [1.54, 1.807) is 22.3 Å². The van der Waals surface area contributed by atoms with Crippen molar-refractivity contribution >= 4 is 5.78 Å². The van der Waals surface area contributed by atoms with Gasteiger partial charge in [0, 0.05) is 13.0 Å². The highest BCUT2D eigenvalue weighted by Gasteiger charge is 2.58. The quantitative estimate of drug-likeness (QED) is 0.174. The minimum absolute atomic E-state index is 0.736. The molecule has 5 rings (SSSR count). The summed E-state index contributed by atoms with van der Waals surface area (Å²) < 4.78 is 13.6. The Morgan fingerprint density at radius 1 is 0.588 bits per heavy atom. The molecule has 0 saturated heterocycles. The van der Waals surface area contributed by atoms with Crippen LogP contribution in [0.3, 0.4) is 0 Å². The third-order valence-electron chi connectivity index (χ3n) is 9.55. The van der Waals surface area contributed by atoms with Crippen LogP contribution in [0.25, 0.3) is 0 Å². The lowest BCUT2D eigenvalue weighted by molar-refractivity contribution is -0.457. The van der Waals surface area contributed by atoms with E-state index in [1.165, 1.54) is 127 Å². The van der Waals surface area contributed by atoms with Gasteiger partial charge >= 0.3 is 5.78 Å². The normalized spacial score (nSPS) is 30.8. The number of allylic oxidation sites excluding steroid dienone is 2. The van der Waals surface area contributed by atoms with E-state index in [0.717, 1.165) is 36.9 Å². The molecule has 2 saturated carbocycles. The highest BCUT2D eigenvalue weighted by molar-refractivity contribution is 6.13. The van der Waals surface area contributed by atoms with E-state index in [4.69, 9.17) is 9.16 Å². The van der Waals surface area contributed by atoms with Gasteiger partial charge in [0.05, 0.1) is 11.1 Å². The lowest BCUT2D eigenvalue weighted by Gasteiger charge is -2.34. The summed E-state index contributed by atoms with van der Waals surface area (Å²) in [5.74, 6) is 4.31. The third kappa shape index (κ3) is 5.00. The molecule has 0 spiro atoms. The molecule has 0 aromatic carbocycles. The molecule has 34 heavy (non-hydrogen) atoms. The van der Waals surface area contributed by atoms with E-state index < -0.39 is 0 Å². The Morgan fingerprint density at radius 2 is 1.06 bits per heavy atom. The first-order valence-electron chi connectivity index (χ1n) is 15.3. The number of rotatable bonds is 15. The van der Waals surface area contributed by atoms with Crippen molar-refractivity contribution in [2.75, 3.05) is 13.2 Å². The second-order valence-corrected chi connectivity index (χ2v) is 12.0. The fourth-order valence-corrected chi connectivity index (χ4v) is 7.84. The second kappa shape index (κ2) is 11.9. The van der Waals surface area contributed by atoms with Gasteiger partial charge in [0.2, 0.25) is 0 Å². The van der Waals surface area contributed by atoms with Crippen molar-refractivity contribution in [2.24, 2.45) is 23.7 Å². The molecule has 0 aromatic rings. The van der Waals surface area contributed by atoms with Crippen LogP contribution in [0.5, 0.6) is 0 Å². The Bertz CT molecular complexity index is 741. The molecule has 5 aliphatic carbocycles. The molecule has 0 aliphatic heterocycles. The fraction of sp³-hybridized carbons (Fsp3) is 0.812. The molecule has 2 nitrogen and oxygen atoms in total. The molecule has 0 N–H and O–H groups in total. The highest BCUT2D eigenvalue weighted by atomic mass is 16.5. The molecule has 189 valence electrons. The molecule has 4 bridgehead atoms. The predicted molar refractivity (Wildman–Crippen MR) is 142 cm³/mol. The van der Waals surface area contributed by atoms with Crippen molar-refractivity contribution in [3.63, 3.8) is 0 Å². The average Bonchev–Trinajstić information content (AvgIpc) is 3.65. The summed E-state index contributed by atoms with van der Waals surface area (Å²) in [6.07, 6.45) is 25.6. The van der Waals surface area contributed by atoms with Crippen molar-refractivity contribution < 1.29 is 9.16 Å². The first-order chi connectivity index (χ1) is 16.8. The van der Waals surface area contributed by atoms with E-state index >= 15 is 0 Å². The van der Waals surface area contributed by atoms with Crippen LogP contribution in [0.15, 0.2) is 22.3 Å². The molecule has 1 radical (unpaired) electrons. The number of ether oxygens (including phenoxy) is 1. The maximum atomic E-state index is 6.78. The van der Waals surface area contributed by atoms with E-state index in [0.29, 0.717) is 0 Å². The van der Waals surface area contributed by atoms with Crippen LogP contribution in [0.2, 0.25) is 0 Å². The Hall–Kier alpha value is -0.890. The van der Waals surface area contributed by atoms with Gasteiger partial charge < -0.3 is 4.74 Å². The molecule has 4 atom stereocenters. The molecule has 0 amide bonds. The Morgan fingerprint density at radius 3 is 1.62 bits per heavy atom. The van der Waals surface area contributed by atoms with Crippen LogP contribution >= 0.6 is 0 Å². The summed E-state index contributed by atoms with van der Waals surface area (Å²) in [4.78, 5) is 0. The number of hydrogen-bond acceptors (Lipinski definition) is 1. The first kappa shape index (κ1) is 24.8. The second-order valence-electron chi connectivity index (χ2n) is 12.0. The largest absolute Gasteiger partial charge is 0.362 e. The van der Waals surface area contributed by atoms with Gasteiger partial charge in [-0.05, 0) is 86.2 Å². The molecule has 5 aliphatic rings. The lowest BCUT2D eigenvalue weighted by atomic mass is 9.72. The van der Waals surface area contributed by atoms with Crippen molar-refractivity contribution in [3.8, 4) is 0 Å². The van der Waals surface area contributed by atoms with Crippen LogP contribution in [0, 0.1) is 29.8 Å². The molecular weight excluding hydrogens is 416 g/mol. The standard InChI is InChI=1S/C32H50O2/c1-3-5-7-9-11-13-19-33-31-27-23-15-17-25(21-23)29(27)32(34-20-14-12-10-8-6-4-2)30-26-18-16-24(22-26)28(30)31/h23-26H,3-22H2,1-2H3/q+1/t23-,24+,25+,26-. The van der Waals surface area contributed by atoms with Crippen LogP contribution in [-0.4, -0.2) is 19.0 Å². The van der Waals surface area contributed by atoms with Crippen molar-refractivity contribution in [2.45, 2.75) is 129 Å². The SMILES string of the molecule is CCCCCCCCO[C]1C2=C(C(=[O+]CCCCCCCC)C3=C1[C@@H]1CC[C@H]3C1)[C@@H]1CC[C@H]2C1. The Kier molecular flexibility index (Phi) is 8.67. The van der Waals surface area contributed by atoms with Crippen molar-refractivity contribution in [3.05, 3.63) is 28.4 Å². The monoisotopic (exact) mass is 466 g/mol. The summed E-state index contributed by atoms with van der Waals surface area (Å²) in [7, 11) is 0. The van der Waals surface area contributed by atoms with E-state index in [9.17, 15) is 0 Å². The zero-order valence-corrected chi connectivity index (χ0v) is 22.3. The summed E-state index contributed by atoms with van der Waals surface area (Å²) >= 11 is 0. The number of ketones is 1. The predicted octanol–water partition coefficient (Wildman–Crippen LogP) is 8.83. The first-order valence-corrected chi connectivity index (χ1v) is 15.3. The molecule has 0 unspecified atom stereocenters. The van der Waals surface area contributed by atoms with E-state index in [2.05, 4.69) is 13.8 Å². The van der Waals surface area contributed by atoms with Gasteiger partial charge in [-0.1, -0.05) is 71.6 Å². The summed E-state index contributed by atoms with van der Waals surface area (Å²) in [6, 6.07) is 0. The number of hydrogen-bond donors (Lipinski definition) is 0. The Labute approximate surface area is 209 Å².